The second kappa shape index (κ2) is 6.12. The Balaban J connectivity index is 1.87. The molecule has 0 spiro atoms. The molecule has 1 aromatic carbocycles. The van der Waals surface area contributed by atoms with Gasteiger partial charge in [-0.15, -0.1) is 0 Å². The average molecular weight is 283 g/mol. The summed E-state index contributed by atoms with van der Waals surface area (Å²) in [5, 5.41) is 3.23. The maximum Gasteiger partial charge on any atom is 0.135 e. The summed E-state index contributed by atoms with van der Waals surface area (Å²) < 4.78 is 5.19. The van der Waals surface area contributed by atoms with Gasteiger partial charge in [0.1, 0.15) is 17.4 Å². The highest BCUT2D eigenvalue weighted by Gasteiger charge is 2.17. The molecule has 0 unspecified atom stereocenters. The quantitative estimate of drug-likeness (QED) is 0.937. The Morgan fingerprint density at radius 3 is 2.57 bits per heavy atom. The van der Waals surface area contributed by atoms with Crippen LogP contribution in [0.2, 0.25) is 0 Å². The summed E-state index contributed by atoms with van der Waals surface area (Å²) >= 11 is 0. The Kier molecular flexibility index (Phi) is 4.04. The lowest BCUT2D eigenvalue weighted by Crippen LogP contribution is -2.13. The fraction of sp³-hybridized carbons (Fsp3) is 0.412. The third-order valence-electron chi connectivity index (χ3n) is 3.99. The Hall–Kier alpha value is -2.10. The van der Waals surface area contributed by atoms with Crippen LogP contribution in [0.25, 0.3) is 0 Å². The molecular formula is C17H21N3O. The van der Waals surface area contributed by atoms with Crippen molar-refractivity contribution in [2.45, 2.75) is 32.1 Å². The summed E-state index contributed by atoms with van der Waals surface area (Å²) in [6.07, 6.45) is 5.39. The van der Waals surface area contributed by atoms with Crippen LogP contribution in [0, 0.1) is 0 Å². The molecule has 2 aromatic rings. The number of nitrogens with one attached hydrogen (secondary N) is 1. The van der Waals surface area contributed by atoms with E-state index in [2.05, 4.69) is 22.4 Å². The number of rotatable bonds is 4. The molecule has 0 atom stereocenters. The minimum atomic E-state index is 0.756. The zero-order valence-electron chi connectivity index (χ0n) is 12.6. The minimum absolute atomic E-state index is 0.756. The number of hydrogen-bond donors (Lipinski definition) is 1. The molecule has 0 saturated carbocycles. The number of fused-ring (bicyclic) bond motifs is 1. The number of hydrogen-bond acceptors (Lipinski definition) is 4. The number of nitrogens with zero attached hydrogens (tertiary/aromatic N) is 2. The van der Waals surface area contributed by atoms with Crippen LogP contribution in [-0.4, -0.2) is 24.1 Å². The Morgan fingerprint density at radius 1 is 1.10 bits per heavy atom. The molecule has 1 aromatic heterocycles. The number of methoxy groups -OCH3 is 1. The molecule has 1 heterocycles. The van der Waals surface area contributed by atoms with E-state index in [1.807, 2.05) is 19.2 Å². The van der Waals surface area contributed by atoms with E-state index >= 15 is 0 Å². The van der Waals surface area contributed by atoms with Crippen LogP contribution in [-0.2, 0) is 19.3 Å². The first-order valence-electron chi connectivity index (χ1n) is 7.49. The zero-order valence-corrected chi connectivity index (χ0v) is 12.6. The highest BCUT2D eigenvalue weighted by Crippen LogP contribution is 2.25. The fourth-order valence-electron chi connectivity index (χ4n) is 2.86. The zero-order chi connectivity index (χ0) is 14.7. The van der Waals surface area contributed by atoms with Crippen molar-refractivity contribution in [3.05, 3.63) is 46.9 Å². The molecule has 0 amide bonds. The van der Waals surface area contributed by atoms with E-state index in [4.69, 9.17) is 9.72 Å². The Bertz CT molecular complexity index is 605. The normalized spacial score (nSPS) is 13.6. The smallest absolute Gasteiger partial charge is 0.135 e. The first-order chi connectivity index (χ1) is 10.3. The van der Waals surface area contributed by atoms with Gasteiger partial charge in [0.2, 0.25) is 0 Å². The topological polar surface area (TPSA) is 47.0 Å². The molecule has 4 heteroatoms. The SMILES string of the molecule is CNc1nc(Cc2ccc(OC)cc2)nc2c1CCCC2. The van der Waals surface area contributed by atoms with Crippen molar-refractivity contribution in [3.63, 3.8) is 0 Å². The van der Waals surface area contributed by atoms with Crippen molar-refractivity contribution in [3.8, 4) is 5.75 Å². The van der Waals surface area contributed by atoms with E-state index < -0.39 is 0 Å². The molecule has 4 nitrogen and oxygen atoms in total. The highest BCUT2D eigenvalue weighted by atomic mass is 16.5. The van der Waals surface area contributed by atoms with Crippen LogP contribution in [0.15, 0.2) is 24.3 Å². The average Bonchev–Trinajstić information content (AvgIpc) is 2.55. The second-order valence-electron chi connectivity index (χ2n) is 5.40. The van der Waals surface area contributed by atoms with Crippen LogP contribution in [0.5, 0.6) is 5.75 Å². The van der Waals surface area contributed by atoms with Crippen molar-refractivity contribution in [2.24, 2.45) is 0 Å². The summed E-state index contributed by atoms with van der Waals surface area (Å²) in [6, 6.07) is 8.10. The van der Waals surface area contributed by atoms with E-state index in [0.29, 0.717) is 0 Å². The van der Waals surface area contributed by atoms with Crippen LogP contribution in [0.4, 0.5) is 5.82 Å². The first kappa shape index (κ1) is 13.9. The van der Waals surface area contributed by atoms with E-state index in [-0.39, 0.29) is 0 Å². The van der Waals surface area contributed by atoms with Gasteiger partial charge < -0.3 is 10.1 Å². The van der Waals surface area contributed by atoms with Gasteiger partial charge in [-0.3, -0.25) is 0 Å². The lowest BCUT2D eigenvalue weighted by atomic mass is 9.96. The van der Waals surface area contributed by atoms with Crippen molar-refractivity contribution in [1.29, 1.82) is 0 Å². The van der Waals surface area contributed by atoms with E-state index in [0.717, 1.165) is 36.7 Å². The fourth-order valence-corrected chi connectivity index (χ4v) is 2.86. The summed E-state index contributed by atoms with van der Waals surface area (Å²) in [5.74, 6) is 2.77. The van der Waals surface area contributed by atoms with Gasteiger partial charge in [-0.1, -0.05) is 12.1 Å². The number of anilines is 1. The lowest BCUT2D eigenvalue weighted by Gasteiger charge is -2.18. The van der Waals surface area contributed by atoms with Gasteiger partial charge >= 0.3 is 0 Å². The van der Waals surface area contributed by atoms with Gasteiger partial charge in [0.05, 0.1) is 7.11 Å². The maximum absolute atomic E-state index is 5.19. The van der Waals surface area contributed by atoms with Crippen molar-refractivity contribution >= 4 is 5.82 Å². The monoisotopic (exact) mass is 283 g/mol. The predicted octanol–water partition coefficient (Wildman–Crippen LogP) is 3.00. The maximum atomic E-state index is 5.19. The molecule has 1 N–H and O–H groups in total. The summed E-state index contributed by atoms with van der Waals surface area (Å²) in [5.41, 5.74) is 3.74. The van der Waals surface area contributed by atoms with E-state index in [9.17, 15) is 0 Å². The minimum Gasteiger partial charge on any atom is -0.497 e. The molecule has 0 radical (unpaired) electrons. The van der Waals surface area contributed by atoms with E-state index in [1.54, 1.807) is 7.11 Å². The van der Waals surface area contributed by atoms with Crippen LogP contribution < -0.4 is 10.1 Å². The third-order valence-corrected chi connectivity index (χ3v) is 3.99. The molecular weight excluding hydrogens is 262 g/mol. The highest BCUT2D eigenvalue weighted by molar-refractivity contribution is 5.47. The van der Waals surface area contributed by atoms with Crippen molar-refractivity contribution < 1.29 is 4.74 Å². The summed E-state index contributed by atoms with van der Waals surface area (Å²) in [7, 11) is 3.62. The van der Waals surface area contributed by atoms with Crippen molar-refractivity contribution in [1.82, 2.24) is 9.97 Å². The molecule has 0 aliphatic heterocycles. The molecule has 1 aliphatic carbocycles. The van der Waals surface area contributed by atoms with Crippen LogP contribution >= 0.6 is 0 Å². The number of aryl methyl sites for hydroxylation is 1. The van der Waals surface area contributed by atoms with E-state index in [1.165, 1.54) is 29.7 Å². The number of ether oxygens (including phenoxy) is 1. The van der Waals surface area contributed by atoms with Crippen LogP contribution in [0.1, 0.15) is 35.5 Å². The molecule has 1 aliphatic rings. The molecule has 3 rings (SSSR count). The summed E-state index contributed by atoms with van der Waals surface area (Å²) in [6.45, 7) is 0. The first-order valence-corrected chi connectivity index (χ1v) is 7.49. The number of benzene rings is 1. The molecule has 0 fully saturated rings. The van der Waals surface area contributed by atoms with Gasteiger partial charge in [-0.2, -0.15) is 0 Å². The molecule has 110 valence electrons. The molecule has 21 heavy (non-hydrogen) atoms. The van der Waals surface area contributed by atoms with Gasteiger partial charge in [0.25, 0.3) is 0 Å². The molecule has 0 saturated heterocycles. The third kappa shape index (κ3) is 2.99. The second-order valence-corrected chi connectivity index (χ2v) is 5.40. The molecule has 0 bridgehead atoms. The lowest BCUT2D eigenvalue weighted by molar-refractivity contribution is 0.414. The van der Waals surface area contributed by atoms with Gasteiger partial charge in [0, 0.05) is 24.7 Å². The van der Waals surface area contributed by atoms with Gasteiger partial charge in [-0.25, -0.2) is 9.97 Å². The van der Waals surface area contributed by atoms with Crippen molar-refractivity contribution in [2.75, 3.05) is 19.5 Å². The standard InChI is InChI=1S/C17H21N3O/c1-18-17-14-5-3-4-6-15(14)19-16(20-17)11-12-7-9-13(21-2)10-8-12/h7-10H,3-6,11H2,1-2H3,(H,18,19,20). The van der Waals surface area contributed by atoms with Crippen LogP contribution in [0.3, 0.4) is 0 Å². The Labute approximate surface area is 125 Å². The van der Waals surface area contributed by atoms with Gasteiger partial charge in [0.15, 0.2) is 0 Å². The number of aromatic nitrogens is 2. The summed E-state index contributed by atoms with van der Waals surface area (Å²) in [4.78, 5) is 9.47. The largest absolute Gasteiger partial charge is 0.497 e. The predicted molar refractivity (Wildman–Crippen MR) is 84.0 cm³/mol. The van der Waals surface area contributed by atoms with Gasteiger partial charge in [-0.05, 0) is 43.4 Å². The Morgan fingerprint density at radius 2 is 1.86 bits per heavy atom.